The molecule has 1 saturated heterocycles. The smallest absolute Gasteiger partial charge is 0.249 e. The zero-order chi connectivity index (χ0) is 14.7. The molecule has 1 atom stereocenters. The van der Waals surface area contributed by atoms with E-state index >= 15 is 0 Å². The van der Waals surface area contributed by atoms with Crippen LogP contribution in [0.5, 0.6) is 0 Å². The highest BCUT2D eigenvalue weighted by atomic mass is 16.5. The van der Waals surface area contributed by atoms with Crippen LogP contribution in [0.1, 0.15) is 19.3 Å². The quantitative estimate of drug-likeness (QED) is 0.826. The molecule has 1 fully saturated rings. The molecular formula is C13H18N6O2. The highest BCUT2D eigenvalue weighted by Crippen LogP contribution is 2.14. The summed E-state index contributed by atoms with van der Waals surface area (Å²) in [5.74, 6) is 0.312. The molecule has 1 aliphatic heterocycles. The first-order valence-electron chi connectivity index (χ1n) is 7.06. The lowest BCUT2D eigenvalue weighted by atomic mass is 10.1. The molecule has 3 rings (SSSR count). The minimum atomic E-state index is -0.309. The summed E-state index contributed by atoms with van der Waals surface area (Å²) >= 11 is 0. The average molecular weight is 290 g/mol. The Morgan fingerprint density at radius 3 is 3.14 bits per heavy atom. The highest BCUT2D eigenvalue weighted by molar-refractivity contribution is 5.81. The number of amides is 1. The van der Waals surface area contributed by atoms with Crippen molar-refractivity contribution in [1.82, 2.24) is 24.8 Å². The van der Waals surface area contributed by atoms with E-state index in [-0.39, 0.29) is 12.0 Å². The molecule has 112 valence electrons. The molecule has 1 aliphatic rings. The van der Waals surface area contributed by atoms with E-state index in [9.17, 15) is 4.79 Å². The van der Waals surface area contributed by atoms with Gasteiger partial charge in [-0.3, -0.25) is 4.79 Å². The largest absolute Gasteiger partial charge is 0.382 e. The van der Waals surface area contributed by atoms with Gasteiger partial charge in [0.25, 0.3) is 0 Å². The van der Waals surface area contributed by atoms with Crippen LogP contribution in [-0.4, -0.2) is 44.7 Å². The molecule has 21 heavy (non-hydrogen) atoms. The molecule has 2 aromatic heterocycles. The van der Waals surface area contributed by atoms with Gasteiger partial charge in [0, 0.05) is 19.7 Å². The van der Waals surface area contributed by atoms with Crippen molar-refractivity contribution in [2.75, 3.05) is 18.9 Å². The fourth-order valence-corrected chi connectivity index (χ4v) is 2.42. The number of ether oxygens (including phenoxy) is 1. The van der Waals surface area contributed by atoms with Crippen molar-refractivity contribution in [2.24, 2.45) is 0 Å². The van der Waals surface area contributed by atoms with Crippen molar-refractivity contribution < 1.29 is 9.53 Å². The maximum absolute atomic E-state index is 11.9. The first kappa shape index (κ1) is 13.7. The number of nitrogen functional groups attached to an aromatic ring is 1. The third-order valence-corrected chi connectivity index (χ3v) is 3.55. The molecule has 0 aromatic carbocycles. The first-order valence-corrected chi connectivity index (χ1v) is 7.06. The molecule has 1 unspecified atom stereocenters. The maximum atomic E-state index is 11.9. The van der Waals surface area contributed by atoms with Crippen LogP contribution in [0.3, 0.4) is 0 Å². The van der Waals surface area contributed by atoms with Gasteiger partial charge in [0.1, 0.15) is 17.9 Å². The zero-order valence-corrected chi connectivity index (χ0v) is 11.7. The SMILES string of the molecule is Nc1ncnc2c1ncn2CCNC(=O)C1CCCCO1. The van der Waals surface area contributed by atoms with Crippen LogP contribution in [-0.2, 0) is 16.1 Å². The first-order chi connectivity index (χ1) is 10.3. The van der Waals surface area contributed by atoms with Crippen molar-refractivity contribution in [3.63, 3.8) is 0 Å². The van der Waals surface area contributed by atoms with Gasteiger partial charge in [-0.1, -0.05) is 0 Å². The third kappa shape index (κ3) is 2.94. The number of hydrogen-bond donors (Lipinski definition) is 2. The lowest BCUT2D eigenvalue weighted by Crippen LogP contribution is -2.39. The molecule has 0 aliphatic carbocycles. The summed E-state index contributed by atoms with van der Waals surface area (Å²) in [6, 6.07) is 0. The number of anilines is 1. The predicted molar refractivity (Wildman–Crippen MR) is 76.3 cm³/mol. The van der Waals surface area contributed by atoms with E-state index in [1.54, 1.807) is 6.33 Å². The molecule has 8 heteroatoms. The Morgan fingerprint density at radius 2 is 2.33 bits per heavy atom. The Hall–Kier alpha value is -2.22. The predicted octanol–water partition coefficient (Wildman–Crippen LogP) is 0.0938. The van der Waals surface area contributed by atoms with Gasteiger partial charge in [-0.05, 0) is 19.3 Å². The fraction of sp³-hybridized carbons (Fsp3) is 0.538. The second-order valence-electron chi connectivity index (χ2n) is 5.02. The van der Waals surface area contributed by atoms with Crippen LogP contribution in [0.25, 0.3) is 11.2 Å². The maximum Gasteiger partial charge on any atom is 0.249 e. The van der Waals surface area contributed by atoms with Crippen LogP contribution in [0.15, 0.2) is 12.7 Å². The topological polar surface area (TPSA) is 108 Å². The number of nitrogens with zero attached hydrogens (tertiary/aromatic N) is 4. The monoisotopic (exact) mass is 290 g/mol. The lowest BCUT2D eigenvalue weighted by molar-refractivity contribution is -0.135. The van der Waals surface area contributed by atoms with Gasteiger partial charge in [0.05, 0.1) is 6.33 Å². The van der Waals surface area contributed by atoms with Gasteiger partial charge in [0.15, 0.2) is 11.5 Å². The number of nitrogens with two attached hydrogens (primary N) is 1. The van der Waals surface area contributed by atoms with Crippen LogP contribution in [0, 0.1) is 0 Å². The van der Waals surface area contributed by atoms with Crippen LogP contribution in [0.2, 0.25) is 0 Å². The summed E-state index contributed by atoms with van der Waals surface area (Å²) in [5.41, 5.74) is 6.99. The molecule has 3 heterocycles. The second-order valence-corrected chi connectivity index (χ2v) is 5.02. The number of imidazole rings is 1. The second kappa shape index (κ2) is 6.04. The molecular weight excluding hydrogens is 272 g/mol. The van der Waals surface area contributed by atoms with E-state index in [2.05, 4.69) is 20.3 Å². The number of rotatable bonds is 4. The summed E-state index contributed by atoms with van der Waals surface area (Å²) < 4.78 is 7.29. The van der Waals surface area contributed by atoms with Gasteiger partial charge < -0.3 is 20.4 Å². The number of hydrogen-bond acceptors (Lipinski definition) is 6. The fourth-order valence-electron chi connectivity index (χ4n) is 2.42. The Labute approximate surface area is 121 Å². The minimum Gasteiger partial charge on any atom is -0.382 e. The Kier molecular flexibility index (Phi) is 3.96. The number of nitrogens with one attached hydrogen (secondary N) is 1. The Bertz CT molecular complexity index is 635. The zero-order valence-electron chi connectivity index (χ0n) is 11.7. The molecule has 0 saturated carbocycles. The van der Waals surface area contributed by atoms with E-state index in [0.717, 1.165) is 19.3 Å². The van der Waals surface area contributed by atoms with E-state index in [4.69, 9.17) is 10.5 Å². The van der Waals surface area contributed by atoms with Crippen molar-refractivity contribution in [3.05, 3.63) is 12.7 Å². The average Bonchev–Trinajstić information content (AvgIpc) is 2.93. The highest BCUT2D eigenvalue weighted by Gasteiger charge is 2.21. The minimum absolute atomic E-state index is 0.0479. The van der Waals surface area contributed by atoms with E-state index < -0.39 is 0 Å². The molecule has 1 amide bonds. The molecule has 0 bridgehead atoms. The normalized spacial score (nSPS) is 18.8. The molecule has 0 radical (unpaired) electrons. The van der Waals surface area contributed by atoms with Crippen molar-refractivity contribution in [3.8, 4) is 0 Å². The van der Waals surface area contributed by atoms with Crippen LogP contribution in [0.4, 0.5) is 5.82 Å². The number of carbonyl (C=O) groups excluding carboxylic acids is 1. The van der Waals surface area contributed by atoms with Crippen LogP contribution >= 0.6 is 0 Å². The standard InChI is InChI=1S/C13H18N6O2/c14-11-10-12(17-7-16-11)19(8-18-10)5-4-15-13(20)9-3-1-2-6-21-9/h7-9H,1-6H2,(H,15,20)(H2,14,16,17). The van der Waals surface area contributed by atoms with Gasteiger partial charge in [-0.25, -0.2) is 15.0 Å². The summed E-state index contributed by atoms with van der Waals surface area (Å²) in [7, 11) is 0. The van der Waals surface area contributed by atoms with Gasteiger partial charge in [-0.15, -0.1) is 0 Å². The van der Waals surface area contributed by atoms with E-state index in [0.29, 0.717) is 36.7 Å². The summed E-state index contributed by atoms with van der Waals surface area (Å²) in [6.07, 6.45) is 5.62. The Balaban J connectivity index is 1.57. The van der Waals surface area contributed by atoms with Crippen molar-refractivity contribution >= 4 is 22.9 Å². The summed E-state index contributed by atoms with van der Waals surface area (Å²) in [6.45, 7) is 1.74. The van der Waals surface area contributed by atoms with Crippen molar-refractivity contribution in [1.29, 1.82) is 0 Å². The molecule has 0 spiro atoms. The van der Waals surface area contributed by atoms with Crippen LogP contribution < -0.4 is 11.1 Å². The Morgan fingerprint density at radius 1 is 1.43 bits per heavy atom. The van der Waals surface area contributed by atoms with Gasteiger partial charge in [0.2, 0.25) is 5.91 Å². The summed E-state index contributed by atoms with van der Waals surface area (Å²) in [5, 5.41) is 2.88. The van der Waals surface area contributed by atoms with Gasteiger partial charge >= 0.3 is 0 Å². The number of fused-ring (bicyclic) bond motifs is 1. The lowest BCUT2D eigenvalue weighted by Gasteiger charge is -2.21. The number of aromatic nitrogens is 4. The molecule has 3 N–H and O–H groups in total. The molecule has 2 aromatic rings. The molecule has 8 nitrogen and oxygen atoms in total. The number of carbonyl (C=O) groups is 1. The van der Waals surface area contributed by atoms with Crippen molar-refractivity contribution in [2.45, 2.75) is 31.9 Å². The van der Waals surface area contributed by atoms with E-state index in [1.807, 2.05) is 4.57 Å². The van der Waals surface area contributed by atoms with Gasteiger partial charge in [-0.2, -0.15) is 0 Å². The summed E-state index contributed by atoms with van der Waals surface area (Å²) in [4.78, 5) is 24.2. The third-order valence-electron chi connectivity index (χ3n) is 3.55. The van der Waals surface area contributed by atoms with E-state index in [1.165, 1.54) is 6.33 Å².